The van der Waals surface area contributed by atoms with E-state index < -0.39 is 29.2 Å². The number of nitrogens with zero attached hydrogens (tertiary/aromatic N) is 4. The van der Waals surface area contributed by atoms with Gasteiger partial charge in [-0.25, -0.2) is 13.8 Å². The number of allylic oxidation sites excluding steroid dienone is 1. The number of nitrogens with one attached hydrogen (secondary N) is 1. The second-order valence-electron chi connectivity index (χ2n) is 7.38. The summed E-state index contributed by atoms with van der Waals surface area (Å²) in [6, 6.07) is 7.80. The zero-order valence-corrected chi connectivity index (χ0v) is 18.4. The number of pyridine rings is 1. The monoisotopic (exact) mass is 488 g/mol. The lowest BCUT2D eigenvalue weighted by atomic mass is 9.77. The molecule has 0 spiro atoms. The molecule has 0 fully saturated rings. The van der Waals surface area contributed by atoms with Crippen molar-refractivity contribution in [1.82, 2.24) is 20.0 Å². The first-order valence-electron chi connectivity index (χ1n) is 9.58. The van der Waals surface area contributed by atoms with E-state index in [9.17, 15) is 4.79 Å². The summed E-state index contributed by atoms with van der Waals surface area (Å²) in [5, 5.41) is 8.72. The van der Waals surface area contributed by atoms with Gasteiger partial charge in [0.15, 0.2) is 11.6 Å². The Morgan fingerprint density at radius 1 is 1.30 bits per heavy atom. The van der Waals surface area contributed by atoms with Crippen molar-refractivity contribution in [3.63, 3.8) is 0 Å². The molecule has 1 aliphatic rings. The summed E-state index contributed by atoms with van der Waals surface area (Å²) < 4.78 is 31.3. The van der Waals surface area contributed by atoms with E-state index >= 15 is 8.78 Å². The highest BCUT2D eigenvalue weighted by atomic mass is 35.5. The Bertz CT molecular complexity index is 1290. The van der Waals surface area contributed by atoms with Crippen LogP contribution in [0, 0.1) is 12.3 Å². The number of hydrogen-bond acceptors (Lipinski definition) is 5. The first-order valence-corrected chi connectivity index (χ1v) is 10.4. The highest BCUT2D eigenvalue weighted by Crippen LogP contribution is 2.45. The number of nitrogens with two attached hydrogens (primary N) is 1. The molecule has 0 bridgehead atoms. The fourth-order valence-electron chi connectivity index (χ4n) is 3.55. The Morgan fingerprint density at radius 3 is 2.67 bits per heavy atom. The topological polar surface area (TPSA) is 98.7 Å². The number of terminal acetylenes is 1. The molecule has 3 N–H and O–H groups in total. The van der Waals surface area contributed by atoms with E-state index in [1.807, 2.05) is 0 Å². The van der Waals surface area contributed by atoms with Crippen molar-refractivity contribution in [2.45, 2.75) is 23.3 Å². The zero-order valence-electron chi connectivity index (χ0n) is 16.8. The van der Waals surface area contributed by atoms with Crippen LogP contribution in [0.4, 0.5) is 14.5 Å². The van der Waals surface area contributed by atoms with E-state index in [0.29, 0.717) is 11.1 Å². The van der Waals surface area contributed by atoms with Crippen LogP contribution in [-0.4, -0.2) is 42.7 Å². The SMILES string of the molecule is C#Cc1ccccc1C1=CC(Cl)C(F)(C(=O)Nc2cnc(-n3nccn3)c(Cl)c2)CC1(N)F. The third kappa shape index (κ3) is 4.20. The quantitative estimate of drug-likeness (QED) is 0.331. The van der Waals surface area contributed by atoms with Gasteiger partial charge < -0.3 is 5.32 Å². The summed E-state index contributed by atoms with van der Waals surface area (Å²) in [5.74, 6) is -1.28. The minimum Gasteiger partial charge on any atom is -0.322 e. The smallest absolute Gasteiger partial charge is 0.264 e. The average Bonchev–Trinajstić information content (AvgIpc) is 3.30. The van der Waals surface area contributed by atoms with Crippen LogP contribution in [0.2, 0.25) is 5.02 Å². The van der Waals surface area contributed by atoms with E-state index in [0.717, 1.165) is 6.08 Å². The second-order valence-corrected chi connectivity index (χ2v) is 8.25. The van der Waals surface area contributed by atoms with Crippen LogP contribution in [0.3, 0.4) is 0 Å². The third-order valence-electron chi connectivity index (χ3n) is 5.15. The van der Waals surface area contributed by atoms with E-state index in [4.69, 9.17) is 35.4 Å². The van der Waals surface area contributed by atoms with Crippen LogP contribution in [-0.2, 0) is 4.79 Å². The summed E-state index contributed by atoms with van der Waals surface area (Å²) in [6.45, 7) is 0. The molecule has 33 heavy (non-hydrogen) atoms. The summed E-state index contributed by atoms with van der Waals surface area (Å²) in [5.41, 5.74) is 3.59. The van der Waals surface area contributed by atoms with Gasteiger partial charge in [-0.05, 0) is 17.7 Å². The number of halogens is 4. The first-order chi connectivity index (χ1) is 15.7. The van der Waals surface area contributed by atoms with Gasteiger partial charge in [0.05, 0.1) is 34.7 Å². The Hall–Kier alpha value is -3.32. The molecule has 11 heteroatoms. The molecule has 0 radical (unpaired) electrons. The molecule has 168 valence electrons. The standard InChI is InChI=1S/C22H16Cl2F2N6O/c1-2-13-5-3-4-6-15(13)16-10-18(24)21(25,12-22(16,26)27)20(33)31-14-9-17(23)19(28-11-14)32-29-7-8-30-32/h1,3-11,18H,12,27H2,(H,31,33). The molecule has 0 saturated heterocycles. The Labute approximate surface area is 197 Å². The normalized spacial score (nSPS) is 24.6. The van der Waals surface area contributed by atoms with E-state index in [-0.39, 0.29) is 22.1 Å². The molecule has 0 saturated carbocycles. The number of amides is 1. The molecular formula is C22H16Cl2F2N6O. The molecule has 4 rings (SSSR count). The highest BCUT2D eigenvalue weighted by Gasteiger charge is 2.55. The summed E-state index contributed by atoms with van der Waals surface area (Å²) in [6.07, 6.45) is 9.64. The van der Waals surface area contributed by atoms with Crippen molar-refractivity contribution >= 4 is 40.4 Å². The molecule has 0 aliphatic heterocycles. The van der Waals surface area contributed by atoms with Crippen LogP contribution in [0.15, 0.2) is 55.0 Å². The number of alkyl halides is 3. The molecule has 2 aromatic heterocycles. The molecule has 1 amide bonds. The van der Waals surface area contributed by atoms with Gasteiger partial charge in [-0.2, -0.15) is 10.2 Å². The van der Waals surface area contributed by atoms with E-state index in [1.54, 1.807) is 24.3 Å². The number of carbonyl (C=O) groups excluding carboxylic acids is 1. The first kappa shape index (κ1) is 22.9. The van der Waals surface area contributed by atoms with Crippen molar-refractivity contribution in [3.8, 4) is 18.2 Å². The Morgan fingerprint density at radius 2 is 2.00 bits per heavy atom. The number of benzene rings is 1. The molecule has 3 unspecified atom stereocenters. The average molecular weight is 489 g/mol. The van der Waals surface area contributed by atoms with Crippen molar-refractivity contribution in [2.75, 3.05) is 5.32 Å². The van der Waals surface area contributed by atoms with Crippen molar-refractivity contribution in [2.24, 2.45) is 5.73 Å². The number of aromatic nitrogens is 4. The van der Waals surface area contributed by atoms with Gasteiger partial charge >= 0.3 is 0 Å². The Balaban J connectivity index is 1.62. The molecule has 1 aliphatic carbocycles. The van der Waals surface area contributed by atoms with Gasteiger partial charge in [-0.3, -0.25) is 10.5 Å². The maximum absolute atomic E-state index is 15.8. The molecule has 2 heterocycles. The molecular weight excluding hydrogens is 473 g/mol. The van der Waals surface area contributed by atoms with Gasteiger partial charge in [-0.1, -0.05) is 41.8 Å². The highest BCUT2D eigenvalue weighted by molar-refractivity contribution is 6.32. The zero-order chi connectivity index (χ0) is 23.8. The summed E-state index contributed by atoms with van der Waals surface area (Å²) in [7, 11) is 0. The number of rotatable bonds is 4. The van der Waals surface area contributed by atoms with Crippen LogP contribution in [0.25, 0.3) is 11.4 Å². The van der Waals surface area contributed by atoms with Crippen LogP contribution >= 0.6 is 23.2 Å². The molecule has 7 nitrogen and oxygen atoms in total. The fraction of sp³-hybridized carbons (Fsp3) is 0.182. The van der Waals surface area contributed by atoms with E-state index in [2.05, 4.69) is 26.4 Å². The van der Waals surface area contributed by atoms with Gasteiger partial charge in [0.25, 0.3) is 5.91 Å². The van der Waals surface area contributed by atoms with Crippen LogP contribution < -0.4 is 11.1 Å². The molecule has 1 aromatic carbocycles. The van der Waals surface area contributed by atoms with Crippen LogP contribution in [0.5, 0.6) is 0 Å². The van der Waals surface area contributed by atoms with Gasteiger partial charge in [-0.15, -0.1) is 22.8 Å². The maximum Gasteiger partial charge on any atom is 0.264 e. The lowest BCUT2D eigenvalue weighted by Gasteiger charge is -2.39. The lowest BCUT2D eigenvalue weighted by Crippen LogP contribution is -2.56. The Kier molecular flexibility index (Phi) is 5.93. The third-order valence-corrected chi connectivity index (χ3v) is 5.90. The summed E-state index contributed by atoms with van der Waals surface area (Å²) >= 11 is 12.4. The van der Waals surface area contributed by atoms with Crippen LogP contribution in [0.1, 0.15) is 17.5 Å². The lowest BCUT2D eigenvalue weighted by molar-refractivity contribution is -0.129. The van der Waals surface area contributed by atoms with E-state index in [1.165, 1.54) is 29.5 Å². The number of carbonyl (C=O) groups is 1. The van der Waals surface area contributed by atoms with Crippen molar-refractivity contribution in [3.05, 3.63) is 71.1 Å². The number of hydrogen-bond donors (Lipinski definition) is 2. The predicted molar refractivity (Wildman–Crippen MR) is 121 cm³/mol. The van der Waals surface area contributed by atoms with Crippen molar-refractivity contribution in [1.29, 1.82) is 0 Å². The molecule has 3 atom stereocenters. The van der Waals surface area contributed by atoms with Crippen molar-refractivity contribution < 1.29 is 13.6 Å². The second kappa shape index (κ2) is 8.56. The van der Waals surface area contributed by atoms with Gasteiger partial charge in [0.1, 0.15) is 0 Å². The maximum atomic E-state index is 15.8. The minimum absolute atomic E-state index is 0.0655. The van der Waals surface area contributed by atoms with Gasteiger partial charge in [0.2, 0.25) is 5.67 Å². The largest absolute Gasteiger partial charge is 0.322 e. The molecule has 3 aromatic rings. The summed E-state index contributed by atoms with van der Waals surface area (Å²) in [4.78, 5) is 18.1. The predicted octanol–water partition coefficient (Wildman–Crippen LogP) is 3.66. The van der Waals surface area contributed by atoms with Gasteiger partial charge in [0, 0.05) is 17.6 Å². The minimum atomic E-state index is -2.87. The number of anilines is 1. The fourth-order valence-corrected chi connectivity index (χ4v) is 4.10.